The van der Waals surface area contributed by atoms with E-state index in [4.69, 9.17) is 4.74 Å². The summed E-state index contributed by atoms with van der Waals surface area (Å²) >= 11 is 1.66. The average Bonchev–Trinajstić information content (AvgIpc) is 3.26. The van der Waals surface area contributed by atoms with Gasteiger partial charge in [0.15, 0.2) is 5.96 Å². The van der Waals surface area contributed by atoms with Crippen LogP contribution in [0.2, 0.25) is 0 Å². The second-order valence-corrected chi connectivity index (χ2v) is 7.05. The molecule has 128 valence electrons. The summed E-state index contributed by atoms with van der Waals surface area (Å²) in [7, 11) is 1.78. The van der Waals surface area contributed by atoms with E-state index in [1.165, 1.54) is 0 Å². The minimum absolute atomic E-state index is 0.0846. The zero-order valence-electron chi connectivity index (χ0n) is 14.2. The van der Waals surface area contributed by atoms with Gasteiger partial charge < -0.3 is 15.4 Å². The lowest BCUT2D eigenvalue weighted by Crippen LogP contribution is -2.45. The van der Waals surface area contributed by atoms with E-state index in [1.54, 1.807) is 18.4 Å². The lowest BCUT2D eigenvalue weighted by atomic mass is 10.0. The van der Waals surface area contributed by atoms with Crippen LogP contribution >= 0.6 is 11.3 Å². The smallest absolute Gasteiger partial charge is 0.191 e. The molecular weight excluding hydrogens is 320 g/mol. The SMILES string of the molecule is CN=C(NCc1csc(-c2ccccc2)n1)NCC1(C)CCCO1. The molecule has 6 heteroatoms. The highest BCUT2D eigenvalue weighted by Crippen LogP contribution is 2.24. The van der Waals surface area contributed by atoms with Gasteiger partial charge in [0.05, 0.1) is 17.8 Å². The monoisotopic (exact) mass is 344 g/mol. The number of rotatable bonds is 5. The number of nitrogens with zero attached hydrogens (tertiary/aromatic N) is 2. The van der Waals surface area contributed by atoms with E-state index in [1.807, 2.05) is 18.2 Å². The molecule has 2 N–H and O–H groups in total. The third-order valence-electron chi connectivity index (χ3n) is 4.16. The van der Waals surface area contributed by atoms with Gasteiger partial charge in [0, 0.05) is 31.1 Å². The molecular formula is C18H24N4OS. The van der Waals surface area contributed by atoms with Crippen molar-refractivity contribution in [2.75, 3.05) is 20.2 Å². The number of hydrogen-bond donors (Lipinski definition) is 2. The molecule has 1 fully saturated rings. The number of ether oxygens (including phenoxy) is 1. The minimum atomic E-state index is -0.0846. The molecule has 0 saturated carbocycles. The Bertz CT molecular complexity index is 677. The Morgan fingerprint density at radius 3 is 2.88 bits per heavy atom. The zero-order valence-corrected chi connectivity index (χ0v) is 15.0. The Kier molecular flexibility index (Phi) is 5.48. The Labute approximate surface area is 147 Å². The summed E-state index contributed by atoms with van der Waals surface area (Å²) in [5.41, 5.74) is 2.09. The van der Waals surface area contributed by atoms with E-state index >= 15 is 0 Å². The lowest BCUT2D eigenvalue weighted by Gasteiger charge is -2.24. The normalized spacial score (nSPS) is 21.0. The molecule has 1 aromatic heterocycles. The van der Waals surface area contributed by atoms with Gasteiger partial charge in [-0.1, -0.05) is 30.3 Å². The van der Waals surface area contributed by atoms with Crippen molar-refractivity contribution >= 4 is 17.3 Å². The first-order valence-electron chi connectivity index (χ1n) is 8.27. The molecule has 1 atom stereocenters. The molecule has 2 aromatic rings. The van der Waals surface area contributed by atoms with Gasteiger partial charge in [-0.2, -0.15) is 0 Å². The third kappa shape index (κ3) is 4.33. The fraction of sp³-hybridized carbons (Fsp3) is 0.444. The second-order valence-electron chi connectivity index (χ2n) is 6.19. The van der Waals surface area contributed by atoms with Crippen LogP contribution < -0.4 is 10.6 Å². The van der Waals surface area contributed by atoms with Crippen LogP contribution in [0.1, 0.15) is 25.5 Å². The van der Waals surface area contributed by atoms with Gasteiger partial charge >= 0.3 is 0 Å². The maximum Gasteiger partial charge on any atom is 0.191 e. The first kappa shape index (κ1) is 16.9. The molecule has 1 saturated heterocycles. The predicted molar refractivity (Wildman–Crippen MR) is 99.3 cm³/mol. The summed E-state index contributed by atoms with van der Waals surface area (Å²) in [5, 5.41) is 9.80. The first-order chi connectivity index (χ1) is 11.7. The minimum Gasteiger partial charge on any atom is -0.373 e. The highest BCUT2D eigenvalue weighted by Gasteiger charge is 2.29. The van der Waals surface area contributed by atoms with Crippen LogP contribution in [0.4, 0.5) is 0 Å². The summed E-state index contributed by atoms with van der Waals surface area (Å²) < 4.78 is 5.79. The third-order valence-corrected chi connectivity index (χ3v) is 5.10. The van der Waals surface area contributed by atoms with Crippen LogP contribution in [0.3, 0.4) is 0 Å². The largest absolute Gasteiger partial charge is 0.373 e. The standard InChI is InChI=1S/C18H24N4OS/c1-18(9-6-10-23-18)13-21-17(19-2)20-11-15-12-24-16(22-15)14-7-4-3-5-8-14/h3-5,7-8,12H,6,9-11,13H2,1-2H3,(H2,19,20,21). The summed E-state index contributed by atoms with van der Waals surface area (Å²) in [4.78, 5) is 8.96. The van der Waals surface area contributed by atoms with Gasteiger partial charge in [-0.05, 0) is 19.8 Å². The van der Waals surface area contributed by atoms with E-state index in [2.05, 4.69) is 45.0 Å². The van der Waals surface area contributed by atoms with Gasteiger partial charge in [-0.25, -0.2) is 4.98 Å². The molecule has 24 heavy (non-hydrogen) atoms. The first-order valence-corrected chi connectivity index (χ1v) is 9.15. The van der Waals surface area contributed by atoms with Crippen molar-refractivity contribution < 1.29 is 4.74 Å². The van der Waals surface area contributed by atoms with Crippen molar-refractivity contribution in [1.82, 2.24) is 15.6 Å². The average molecular weight is 344 g/mol. The number of nitrogens with one attached hydrogen (secondary N) is 2. The van der Waals surface area contributed by atoms with E-state index in [-0.39, 0.29) is 5.60 Å². The zero-order chi connectivity index (χ0) is 16.8. The number of aliphatic imine (C=N–C) groups is 1. The number of hydrogen-bond acceptors (Lipinski definition) is 4. The molecule has 2 heterocycles. The Morgan fingerprint density at radius 2 is 2.17 bits per heavy atom. The summed E-state index contributed by atoms with van der Waals surface area (Å²) in [6.45, 7) is 4.41. The molecule has 3 rings (SSSR count). The molecule has 1 aliphatic rings. The van der Waals surface area contributed by atoms with Crippen LogP contribution in [0, 0.1) is 0 Å². The van der Waals surface area contributed by atoms with Crippen molar-refractivity contribution in [3.8, 4) is 10.6 Å². The molecule has 1 aromatic carbocycles. The molecule has 0 bridgehead atoms. The van der Waals surface area contributed by atoms with Gasteiger partial charge in [0.1, 0.15) is 5.01 Å². The van der Waals surface area contributed by atoms with Crippen LogP contribution in [0.25, 0.3) is 10.6 Å². The Hall–Kier alpha value is -1.92. The topological polar surface area (TPSA) is 58.5 Å². The molecule has 0 spiro atoms. The van der Waals surface area contributed by atoms with Gasteiger partial charge in [-0.15, -0.1) is 11.3 Å². The van der Waals surface area contributed by atoms with Gasteiger partial charge in [0.25, 0.3) is 0 Å². The molecule has 0 amide bonds. The van der Waals surface area contributed by atoms with Crippen molar-refractivity contribution in [3.63, 3.8) is 0 Å². The van der Waals surface area contributed by atoms with Crippen LogP contribution in [0.5, 0.6) is 0 Å². The molecule has 1 unspecified atom stereocenters. The maximum absolute atomic E-state index is 5.79. The Balaban J connectivity index is 1.52. The molecule has 0 radical (unpaired) electrons. The predicted octanol–water partition coefficient (Wildman–Crippen LogP) is 3.04. The van der Waals surface area contributed by atoms with Gasteiger partial charge in [-0.3, -0.25) is 4.99 Å². The highest BCUT2D eigenvalue weighted by molar-refractivity contribution is 7.13. The van der Waals surface area contributed by atoms with Crippen molar-refractivity contribution in [3.05, 3.63) is 41.4 Å². The number of aromatic nitrogens is 1. The summed E-state index contributed by atoms with van der Waals surface area (Å²) in [6.07, 6.45) is 2.22. The van der Waals surface area contributed by atoms with Crippen LogP contribution in [0.15, 0.2) is 40.7 Å². The highest BCUT2D eigenvalue weighted by atomic mass is 32.1. The van der Waals surface area contributed by atoms with Crippen LogP contribution in [-0.2, 0) is 11.3 Å². The van der Waals surface area contributed by atoms with E-state index < -0.39 is 0 Å². The second kappa shape index (κ2) is 7.77. The van der Waals surface area contributed by atoms with Crippen molar-refractivity contribution in [1.29, 1.82) is 0 Å². The molecule has 1 aliphatic heterocycles. The van der Waals surface area contributed by atoms with E-state index in [0.717, 1.165) is 48.2 Å². The number of guanidine groups is 1. The quantitative estimate of drug-likeness (QED) is 0.646. The fourth-order valence-corrected chi connectivity index (χ4v) is 3.57. The van der Waals surface area contributed by atoms with Crippen LogP contribution in [-0.4, -0.2) is 36.7 Å². The van der Waals surface area contributed by atoms with Gasteiger partial charge in [0.2, 0.25) is 0 Å². The fourth-order valence-electron chi connectivity index (χ4n) is 2.74. The maximum atomic E-state index is 5.79. The van der Waals surface area contributed by atoms with Crippen molar-refractivity contribution in [2.24, 2.45) is 4.99 Å². The molecule has 0 aliphatic carbocycles. The summed E-state index contributed by atoms with van der Waals surface area (Å²) in [5.74, 6) is 0.779. The van der Waals surface area contributed by atoms with E-state index in [0.29, 0.717) is 6.54 Å². The van der Waals surface area contributed by atoms with E-state index in [9.17, 15) is 0 Å². The number of benzene rings is 1. The molecule has 5 nitrogen and oxygen atoms in total. The van der Waals surface area contributed by atoms with Crippen molar-refractivity contribution in [2.45, 2.75) is 31.9 Å². The number of thiazole rings is 1. The lowest BCUT2D eigenvalue weighted by molar-refractivity contribution is 0.0243. The Morgan fingerprint density at radius 1 is 1.33 bits per heavy atom. The summed E-state index contributed by atoms with van der Waals surface area (Å²) in [6, 6.07) is 10.2.